The van der Waals surface area contributed by atoms with Gasteiger partial charge >= 0.3 is 5.76 Å². The van der Waals surface area contributed by atoms with Gasteiger partial charge in [0.25, 0.3) is 0 Å². The van der Waals surface area contributed by atoms with E-state index < -0.39 is 5.76 Å². The molecule has 0 atom stereocenters. The Morgan fingerprint density at radius 2 is 1.91 bits per heavy atom. The second kappa shape index (κ2) is 5.40. The molecule has 0 amide bonds. The van der Waals surface area contributed by atoms with Crippen molar-refractivity contribution in [1.29, 1.82) is 0 Å². The highest BCUT2D eigenvalue weighted by Gasteiger charge is 2.09. The lowest BCUT2D eigenvalue weighted by Crippen LogP contribution is -1.92. The lowest BCUT2D eigenvalue weighted by molar-refractivity contribution is 0.415. The molecule has 0 bridgehead atoms. The summed E-state index contributed by atoms with van der Waals surface area (Å²) in [7, 11) is 1.64. The predicted octanol–water partition coefficient (Wildman–Crippen LogP) is 3.92. The summed E-state index contributed by atoms with van der Waals surface area (Å²) in [5.41, 5.74) is 4.02. The van der Waals surface area contributed by atoms with Crippen molar-refractivity contribution in [3.05, 3.63) is 58.4 Å². The van der Waals surface area contributed by atoms with Crippen molar-refractivity contribution in [3.8, 4) is 27.6 Å². The number of ether oxygens (including phenoxy) is 1. The fraction of sp³-hybridized carbons (Fsp3) is 0.0588. The zero-order chi connectivity index (χ0) is 15.8. The molecular formula is C17H12N2O3S. The Balaban J connectivity index is 1.71. The topological polar surface area (TPSA) is 68.1 Å². The van der Waals surface area contributed by atoms with Crippen LogP contribution in [0.5, 0.6) is 5.75 Å². The van der Waals surface area contributed by atoms with Crippen LogP contribution in [0.25, 0.3) is 32.9 Å². The molecule has 0 spiro atoms. The van der Waals surface area contributed by atoms with Crippen LogP contribution in [0.2, 0.25) is 0 Å². The Morgan fingerprint density at radius 1 is 1.13 bits per heavy atom. The van der Waals surface area contributed by atoms with Gasteiger partial charge in [-0.05, 0) is 36.4 Å². The van der Waals surface area contributed by atoms with Gasteiger partial charge in [-0.15, -0.1) is 11.3 Å². The van der Waals surface area contributed by atoms with Gasteiger partial charge < -0.3 is 9.15 Å². The van der Waals surface area contributed by atoms with Gasteiger partial charge in [0.05, 0.1) is 18.3 Å². The highest BCUT2D eigenvalue weighted by atomic mass is 32.1. The third-order valence-corrected chi connectivity index (χ3v) is 4.45. The van der Waals surface area contributed by atoms with Gasteiger partial charge in [0.15, 0.2) is 5.58 Å². The van der Waals surface area contributed by atoms with Crippen LogP contribution in [0.4, 0.5) is 0 Å². The quantitative estimate of drug-likeness (QED) is 0.620. The van der Waals surface area contributed by atoms with Crippen LogP contribution in [0, 0.1) is 0 Å². The maximum absolute atomic E-state index is 11.2. The second-order valence-electron chi connectivity index (χ2n) is 4.99. The zero-order valence-corrected chi connectivity index (χ0v) is 13.0. The van der Waals surface area contributed by atoms with Crippen LogP contribution in [0.3, 0.4) is 0 Å². The highest BCUT2D eigenvalue weighted by molar-refractivity contribution is 7.13. The molecule has 0 saturated heterocycles. The fourth-order valence-electron chi connectivity index (χ4n) is 2.38. The Hall–Kier alpha value is -2.86. The van der Waals surface area contributed by atoms with E-state index >= 15 is 0 Å². The average Bonchev–Trinajstić information content (AvgIpc) is 3.19. The number of aromatic nitrogens is 2. The van der Waals surface area contributed by atoms with Crippen LogP contribution in [-0.2, 0) is 0 Å². The number of oxazole rings is 1. The molecule has 4 aromatic rings. The molecule has 5 nitrogen and oxygen atoms in total. The van der Waals surface area contributed by atoms with Crippen LogP contribution < -0.4 is 10.5 Å². The van der Waals surface area contributed by atoms with Gasteiger partial charge in [0.2, 0.25) is 0 Å². The Bertz CT molecular complexity index is 1030. The number of hydrogen-bond acceptors (Lipinski definition) is 5. The molecule has 0 radical (unpaired) electrons. The van der Waals surface area contributed by atoms with E-state index in [9.17, 15) is 4.79 Å². The summed E-state index contributed by atoms with van der Waals surface area (Å²) in [6.07, 6.45) is 0. The summed E-state index contributed by atoms with van der Waals surface area (Å²) in [4.78, 5) is 18.5. The fourth-order valence-corrected chi connectivity index (χ4v) is 3.21. The number of fused-ring (bicyclic) bond motifs is 1. The number of hydrogen-bond donors (Lipinski definition) is 1. The molecule has 1 N–H and O–H groups in total. The molecule has 0 aliphatic carbocycles. The summed E-state index contributed by atoms with van der Waals surface area (Å²) in [5, 5.41) is 2.92. The van der Waals surface area contributed by atoms with E-state index in [1.54, 1.807) is 18.4 Å². The minimum atomic E-state index is -0.450. The van der Waals surface area contributed by atoms with E-state index in [-0.39, 0.29) is 0 Å². The van der Waals surface area contributed by atoms with E-state index in [0.717, 1.165) is 27.6 Å². The first-order chi connectivity index (χ1) is 11.2. The number of nitrogens with one attached hydrogen (secondary N) is 1. The minimum absolute atomic E-state index is 0.450. The van der Waals surface area contributed by atoms with E-state index in [0.29, 0.717) is 11.1 Å². The molecule has 6 heteroatoms. The second-order valence-corrected chi connectivity index (χ2v) is 5.85. The van der Waals surface area contributed by atoms with Gasteiger partial charge in [0, 0.05) is 16.5 Å². The Labute approximate surface area is 135 Å². The third kappa shape index (κ3) is 2.53. The van der Waals surface area contributed by atoms with Gasteiger partial charge in [-0.1, -0.05) is 6.07 Å². The minimum Gasteiger partial charge on any atom is -0.497 e. The molecular weight excluding hydrogens is 312 g/mol. The zero-order valence-electron chi connectivity index (χ0n) is 12.2. The summed E-state index contributed by atoms with van der Waals surface area (Å²) >= 11 is 1.57. The molecule has 0 aliphatic rings. The maximum atomic E-state index is 11.2. The first-order valence-corrected chi connectivity index (χ1v) is 7.84. The maximum Gasteiger partial charge on any atom is 0.417 e. The number of methoxy groups -OCH3 is 1. The van der Waals surface area contributed by atoms with Crippen LogP contribution in [0.1, 0.15) is 0 Å². The molecule has 2 aromatic carbocycles. The van der Waals surface area contributed by atoms with Crippen molar-refractivity contribution in [1.82, 2.24) is 9.97 Å². The van der Waals surface area contributed by atoms with Gasteiger partial charge in [-0.25, -0.2) is 9.78 Å². The van der Waals surface area contributed by atoms with E-state index in [4.69, 9.17) is 9.15 Å². The van der Waals surface area contributed by atoms with Gasteiger partial charge in [-0.2, -0.15) is 0 Å². The first kappa shape index (κ1) is 13.8. The Morgan fingerprint density at radius 3 is 2.70 bits per heavy atom. The number of H-pyrrole nitrogens is 1. The molecule has 0 saturated carbocycles. The van der Waals surface area contributed by atoms with Crippen molar-refractivity contribution >= 4 is 22.4 Å². The molecule has 114 valence electrons. The SMILES string of the molecule is COc1ccc(-c2nc(-c3ccc4[nH]c(=O)oc4c3)cs2)cc1. The highest BCUT2D eigenvalue weighted by Crippen LogP contribution is 2.30. The summed E-state index contributed by atoms with van der Waals surface area (Å²) < 4.78 is 10.3. The summed E-state index contributed by atoms with van der Waals surface area (Å²) in [5.74, 6) is 0.368. The molecule has 2 aromatic heterocycles. The van der Waals surface area contributed by atoms with E-state index in [1.165, 1.54) is 0 Å². The normalized spacial score (nSPS) is 11.0. The average molecular weight is 324 g/mol. The molecule has 23 heavy (non-hydrogen) atoms. The lowest BCUT2D eigenvalue weighted by Gasteiger charge is -2.00. The Kier molecular flexibility index (Phi) is 3.24. The monoisotopic (exact) mass is 324 g/mol. The van der Waals surface area contributed by atoms with Crippen molar-refractivity contribution in [2.75, 3.05) is 7.11 Å². The van der Waals surface area contributed by atoms with Gasteiger partial charge in [-0.3, -0.25) is 4.98 Å². The smallest absolute Gasteiger partial charge is 0.417 e. The van der Waals surface area contributed by atoms with Crippen LogP contribution in [-0.4, -0.2) is 17.1 Å². The largest absolute Gasteiger partial charge is 0.497 e. The number of benzene rings is 2. The lowest BCUT2D eigenvalue weighted by atomic mass is 10.1. The van der Waals surface area contributed by atoms with Crippen LogP contribution in [0.15, 0.2) is 57.1 Å². The number of aromatic amines is 1. The summed E-state index contributed by atoms with van der Waals surface area (Å²) in [6.45, 7) is 0. The standard InChI is InChI=1S/C17H12N2O3S/c1-21-12-5-2-10(3-6-12)16-18-14(9-23-16)11-4-7-13-15(8-11)22-17(20)19-13/h2-9H,1H3,(H,19,20). The van der Waals surface area contributed by atoms with Crippen molar-refractivity contribution in [3.63, 3.8) is 0 Å². The van der Waals surface area contributed by atoms with E-state index in [1.807, 2.05) is 47.8 Å². The first-order valence-electron chi connectivity index (χ1n) is 6.96. The van der Waals surface area contributed by atoms with Gasteiger partial charge in [0.1, 0.15) is 10.8 Å². The molecule has 2 heterocycles. The van der Waals surface area contributed by atoms with Crippen LogP contribution >= 0.6 is 11.3 Å². The molecule has 0 aliphatic heterocycles. The van der Waals surface area contributed by atoms with Crippen molar-refractivity contribution < 1.29 is 9.15 Å². The number of rotatable bonds is 3. The van der Waals surface area contributed by atoms with Crippen molar-refractivity contribution in [2.45, 2.75) is 0 Å². The number of thiazole rings is 1. The number of nitrogens with zero attached hydrogens (tertiary/aromatic N) is 1. The van der Waals surface area contributed by atoms with Crippen molar-refractivity contribution in [2.24, 2.45) is 0 Å². The molecule has 0 fully saturated rings. The molecule has 4 rings (SSSR count). The van der Waals surface area contributed by atoms with E-state index in [2.05, 4.69) is 9.97 Å². The molecule has 0 unspecified atom stereocenters. The third-order valence-electron chi connectivity index (χ3n) is 3.56. The summed E-state index contributed by atoms with van der Waals surface area (Å²) in [6, 6.07) is 13.3. The predicted molar refractivity (Wildman–Crippen MR) is 89.9 cm³/mol.